The van der Waals surface area contributed by atoms with Crippen molar-refractivity contribution >= 4 is 22.4 Å². The first-order chi connectivity index (χ1) is 17.2. The minimum Gasteiger partial charge on any atom is -0.359 e. The molecular formula is C28H35N5OS. The zero-order chi connectivity index (χ0) is 23.9. The average molecular weight is 490 g/mol. The predicted octanol–water partition coefficient (Wildman–Crippen LogP) is 4.61. The molecule has 0 spiro atoms. The smallest absolute Gasteiger partial charge is 0.263 e. The molecular weight excluding hydrogens is 454 g/mol. The first kappa shape index (κ1) is 24.0. The molecule has 1 amide bonds. The Bertz CT molecular complexity index is 1060. The van der Waals surface area contributed by atoms with Gasteiger partial charge in [-0.15, -0.1) is 0 Å². The van der Waals surface area contributed by atoms with Crippen LogP contribution in [0.2, 0.25) is 0 Å². The second-order valence-electron chi connectivity index (χ2n) is 9.72. The number of nitrogens with zero attached hydrogens (tertiary/aromatic N) is 3. The lowest BCUT2D eigenvalue weighted by molar-refractivity contribution is 0.0913. The lowest BCUT2D eigenvalue weighted by Gasteiger charge is -2.32. The molecule has 2 aliphatic rings. The fourth-order valence-electron chi connectivity index (χ4n) is 5.03. The molecule has 184 valence electrons. The van der Waals surface area contributed by atoms with Crippen LogP contribution in [-0.4, -0.2) is 59.0 Å². The van der Waals surface area contributed by atoms with Crippen molar-refractivity contribution in [3.05, 3.63) is 82.9 Å². The maximum absolute atomic E-state index is 12.8. The van der Waals surface area contributed by atoms with E-state index in [1.165, 1.54) is 22.5 Å². The van der Waals surface area contributed by atoms with E-state index in [-0.39, 0.29) is 11.9 Å². The minimum absolute atomic E-state index is 0.00902. The molecule has 3 heterocycles. The van der Waals surface area contributed by atoms with Gasteiger partial charge in [-0.05, 0) is 36.8 Å². The number of benzene rings is 2. The number of piperidine rings is 2. The zero-order valence-electron chi connectivity index (χ0n) is 20.2. The van der Waals surface area contributed by atoms with Crippen molar-refractivity contribution in [1.29, 1.82) is 0 Å². The lowest BCUT2D eigenvalue weighted by atomic mass is 10.0. The maximum atomic E-state index is 12.8. The van der Waals surface area contributed by atoms with E-state index in [1.807, 2.05) is 0 Å². The third kappa shape index (κ3) is 6.90. The van der Waals surface area contributed by atoms with E-state index >= 15 is 0 Å². The van der Waals surface area contributed by atoms with Gasteiger partial charge in [0.15, 0.2) is 5.13 Å². The summed E-state index contributed by atoms with van der Waals surface area (Å²) in [6, 6.07) is 21.9. The molecule has 0 bridgehead atoms. The summed E-state index contributed by atoms with van der Waals surface area (Å²) in [7, 11) is 0. The van der Waals surface area contributed by atoms with Crippen molar-refractivity contribution in [3.63, 3.8) is 0 Å². The van der Waals surface area contributed by atoms with Crippen molar-refractivity contribution < 1.29 is 4.79 Å². The van der Waals surface area contributed by atoms with Crippen molar-refractivity contribution in [2.75, 3.05) is 31.5 Å². The van der Waals surface area contributed by atoms with Crippen LogP contribution in [0.25, 0.3) is 0 Å². The Morgan fingerprint density at radius 3 is 1.86 bits per heavy atom. The average Bonchev–Trinajstić information content (AvgIpc) is 3.36. The first-order valence-corrected chi connectivity index (χ1v) is 13.6. The Balaban J connectivity index is 1.03. The fraction of sp³-hybridized carbons (Fsp3) is 0.429. The van der Waals surface area contributed by atoms with E-state index in [0.29, 0.717) is 10.9 Å². The molecule has 0 saturated carbocycles. The molecule has 2 N–H and O–H groups in total. The third-order valence-electron chi connectivity index (χ3n) is 7.07. The van der Waals surface area contributed by atoms with Gasteiger partial charge >= 0.3 is 0 Å². The van der Waals surface area contributed by atoms with Crippen LogP contribution in [0.4, 0.5) is 5.13 Å². The predicted molar refractivity (Wildman–Crippen MR) is 143 cm³/mol. The number of amides is 1. The number of aromatic nitrogens is 1. The summed E-state index contributed by atoms with van der Waals surface area (Å²) in [6.45, 7) is 6.18. The van der Waals surface area contributed by atoms with Gasteiger partial charge in [0, 0.05) is 51.4 Å². The summed E-state index contributed by atoms with van der Waals surface area (Å²) in [5.41, 5.74) is 2.72. The molecule has 1 aromatic heterocycles. The Kier molecular flexibility index (Phi) is 8.08. The van der Waals surface area contributed by atoms with Crippen molar-refractivity contribution in [1.82, 2.24) is 20.1 Å². The SMILES string of the molecule is O=C(NC1CCN(Cc2ccccc2)CC1)c1cnc(NC2CCN(Cc3ccccc3)CC2)s1. The highest BCUT2D eigenvalue weighted by atomic mass is 32.1. The Hall–Kier alpha value is -2.74. The topological polar surface area (TPSA) is 60.5 Å². The molecule has 0 atom stereocenters. The van der Waals surface area contributed by atoms with Gasteiger partial charge in [0.1, 0.15) is 4.88 Å². The number of carbonyl (C=O) groups excluding carboxylic acids is 1. The van der Waals surface area contributed by atoms with Gasteiger partial charge in [0.05, 0.1) is 6.20 Å². The summed E-state index contributed by atoms with van der Waals surface area (Å²) < 4.78 is 0. The number of carbonyl (C=O) groups is 1. The van der Waals surface area contributed by atoms with E-state index in [4.69, 9.17) is 0 Å². The number of hydrogen-bond acceptors (Lipinski definition) is 6. The highest BCUT2D eigenvalue weighted by Gasteiger charge is 2.23. The monoisotopic (exact) mass is 489 g/mol. The van der Waals surface area contributed by atoms with Crippen LogP contribution >= 0.6 is 11.3 Å². The second-order valence-corrected chi connectivity index (χ2v) is 10.8. The van der Waals surface area contributed by atoms with E-state index in [2.05, 4.69) is 86.1 Å². The highest BCUT2D eigenvalue weighted by Crippen LogP contribution is 2.23. The van der Waals surface area contributed by atoms with Gasteiger partial charge < -0.3 is 10.6 Å². The Morgan fingerprint density at radius 2 is 1.31 bits per heavy atom. The largest absolute Gasteiger partial charge is 0.359 e. The van der Waals surface area contributed by atoms with Crippen LogP contribution in [-0.2, 0) is 13.1 Å². The van der Waals surface area contributed by atoms with E-state index < -0.39 is 0 Å². The number of thiazole rings is 1. The molecule has 2 aromatic carbocycles. The molecule has 7 heteroatoms. The maximum Gasteiger partial charge on any atom is 0.263 e. The molecule has 6 nitrogen and oxygen atoms in total. The van der Waals surface area contributed by atoms with Crippen LogP contribution in [0.1, 0.15) is 46.5 Å². The van der Waals surface area contributed by atoms with Crippen molar-refractivity contribution in [3.8, 4) is 0 Å². The van der Waals surface area contributed by atoms with Crippen molar-refractivity contribution in [2.45, 2.75) is 50.9 Å². The van der Waals surface area contributed by atoms with Crippen LogP contribution in [0.3, 0.4) is 0 Å². The van der Waals surface area contributed by atoms with Crippen LogP contribution in [0.15, 0.2) is 66.9 Å². The van der Waals surface area contributed by atoms with Gasteiger partial charge in [0.25, 0.3) is 5.91 Å². The summed E-state index contributed by atoms with van der Waals surface area (Å²) >= 11 is 1.47. The summed E-state index contributed by atoms with van der Waals surface area (Å²) in [5, 5.41) is 7.66. The number of rotatable bonds is 8. The number of nitrogens with one attached hydrogen (secondary N) is 2. The number of anilines is 1. The number of hydrogen-bond donors (Lipinski definition) is 2. The van der Waals surface area contributed by atoms with Crippen LogP contribution < -0.4 is 10.6 Å². The molecule has 0 unspecified atom stereocenters. The molecule has 3 aromatic rings. The summed E-state index contributed by atoms with van der Waals surface area (Å²) in [5.74, 6) is 0.00902. The van der Waals surface area contributed by atoms with Crippen LogP contribution in [0.5, 0.6) is 0 Å². The third-order valence-corrected chi connectivity index (χ3v) is 7.99. The van der Waals surface area contributed by atoms with Crippen LogP contribution in [0, 0.1) is 0 Å². The van der Waals surface area contributed by atoms with E-state index in [9.17, 15) is 4.79 Å². The molecule has 2 aliphatic heterocycles. The quantitative estimate of drug-likeness (QED) is 0.484. The van der Waals surface area contributed by atoms with Gasteiger partial charge in [-0.2, -0.15) is 0 Å². The van der Waals surface area contributed by atoms with Gasteiger partial charge in [0.2, 0.25) is 0 Å². The van der Waals surface area contributed by atoms with Gasteiger partial charge in [-0.25, -0.2) is 4.98 Å². The summed E-state index contributed by atoms with van der Waals surface area (Å²) in [6.07, 6.45) is 5.89. The lowest BCUT2D eigenvalue weighted by Crippen LogP contribution is -2.44. The minimum atomic E-state index is 0.00902. The van der Waals surface area contributed by atoms with E-state index in [0.717, 1.165) is 70.1 Å². The standard InChI is InChI=1S/C28H35N5OS/c34-27(30-24-11-15-32(16-12-24)20-22-7-3-1-4-8-22)26-19-29-28(35-26)31-25-13-17-33(18-14-25)21-23-9-5-2-6-10-23/h1-10,19,24-25H,11-18,20-21H2,(H,29,31)(H,30,34). The highest BCUT2D eigenvalue weighted by molar-refractivity contribution is 7.17. The summed E-state index contributed by atoms with van der Waals surface area (Å²) in [4.78, 5) is 23.0. The first-order valence-electron chi connectivity index (χ1n) is 12.8. The van der Waals surface area contributed by atoms with Gasteiger partial charge in [-0.3, -0.25) is 14.6 Å². The molecule has 2 saturated heterocycles. The molecule has 0 radical (unpaired) electrons. The Labute approximate surface area is 212 Å². The molecule has 2 fully saturated rings. The number of likely N-dealkylation sites (tertiary alicyclic amines) is 2. The molecule has 5 rings (SSSR count). The Morgan fingerprint density at radius 1 is 0.800 bits per heavy atom. The molecule has 35 heavy (non-hydrogen) atoms. The zero-order valence-corrected chi connectivity index (χ0v) is 21.1. The van der Waals surface area contributed by atoms with Crippen molar-refractivity contribution in [2.24, 2.45) is 0 Å². The normalized spacial score (nSPS) is 18.4. The fourth-order valence-corrected chi connectivity index (χ4v) is 5.83. The second kappa shape index (κ2) is 11.8. The molecule has 0 aliphatic carbocycles. The van der Waals surface area contributed by atoms with Gasteiger partial charge in [-0.1, -0.05) is 72.0 Å². The van der Waals surface area contributed by atoms with E-state index in [1.54, 1.807) is 6.20 Å².